The van der Waals surface area contributed by atoms with Crippen molar-refractivity contribution < 1.29 is 12.6 Å². The molecule has 0 aromatic heterocycles. The van der Waals surface area contributed by atoms with Gasteiger partial charge in [-0.2, -0.15) is 8.42 Å². The summed E-state index contributed by atoms with van der Waals surface area (Å²) in [5.41, 5.74) is 0. The topological polar surface area (TPSA) is 43.4 Å². The molecule has 0 spiro atoms. The second-order valence-corrected chi connectivity index (χ2v) is 8.07. The monoisotopic (exact) mass is 356 g/mol. The minimum absolute atomic E-state index is 0.183. The van der Waals surface area contributed by atoms with Crippen molar-refractivity contribution in [1.82, 2.24) is 0 Å². The highest BCUT2D eigenvalue weighted by Gasteiger charge is 2.10. The Hall–Kier alpha value is -0.870. The first-order chi connectivity index (χ1) is 11.5. The van der Waals surface area contributed by atoms with Gasteiger partial charge in [0.2, 0.25) is 0 Å². The quantitative estimate of drug-likeness (QED) is 0.350. The zero-order valence-electron chi connectivity index (χ0n) is 16.0. The predicted molar refractivity (Wildman–Crippen MR) is 103 cm³/mol. The van der Waals surface area contributed by atoms with Crippen molar-refractivity contribution in [3.05, 3.63) is 30.3 Å². The van der Waals surface area contributed by atoms with E-state index in [1.807, 2.05) is 0 Å². The van der Waals surface area contributed by atoms with Crippen LogP contribution in [0.1, 0.15) is 78.6 Å². The Bertz CT molecular complexity index is 483. The van der Waals surface area contributed by atoms with Gasteiger partial charge in [0.1, 0.15) is 0 Å². The summed E-state index contributed by atoms with van der Waals surface area (Å²) in [5, 5.41) is 0. The zero-order valence-corrected chi connectivity index (χ0v) is 16.8. The van der Waals surface area contributed by atoms with E-state index in [4.69, 9.17) is 0 Å². The van der Waals surface area contributed by atoms with Crippen LogP contribution in [0.15, 0.2) is 35.2 Å². The van der Waals surface area contributed by atoms with Gasteiger partial charge < -0.3 is 0 Å². The lowest BCUT2D eigenvalue weighted by Gasteiger charge is -2.07. The normalized spacial score (nSPS) is 12.3. The molecule has 0 aliphatic carbocycles. The molecule has 4 heteroatoms. The number of unbranched alkanes of at least 4 members (excludes halogenated alkanes) is 6. The number of hydrogen-bond donors (Lipinski definition) is 0. The summed E-state index contributed by atoms with van der Waals surface area (Å²) >= 11 is 0. The van der Waals surface area contributed by atoms with Crippen molar-refractivity contribution >= 4 is 10.1 Å². The molecule has 24 heavy (non-hydrogen) atoms. The first-order valence-corrected chi connectivity index (χ1v) is 10.7. The van der Waals surface area contributed by atoms with E-state index >= 15 is 0 Å². The summed E-state index contributed by atoms with van der Waals surface area (Å²) in [5.74, 6) is 0.954. The minimum Gasteiger partial charge on any atom is -0.270 e. The Morgan fingerprint density at radius 2 is 1.46 bits per heavy atom. The van der Waals surface area contributed by atoms with E-state index in [0.717, 1.165) is 13.0 Å². The predicted octanol–water partition coefficient (Wildman–Crippen LogP) is 6.19. The van der Waals surface area contributed by atoms with Gasteiger partial charge in [0.05, 0.1) is 12.0 Å². The molecule has 0 saturated carbocycles. The molecule has 0 aliphatic heterocycles. The van der Waals surface area contributed by atoms with Gasteiger partial charge in [-0.3, -0.25) is 4.18 Å². The van der Waals surface area contributed by atoms with E-state index in [-0.39, 0.29) is 4.90 Å². The molecule has 1 atom stereocenters. The maximum absolute atomic E-state index is 11.0. The van der Waals surface area contributed by atoms with Gasteiger partial charge in [0, 0.05) is 0 Å². The fourth-order valence-electron chi connectivity index (χ4n) is 2.34. The summed E-state index contributed by atoms with van der Waals surface area (Å²) in [4.78, 5) is 0.183. The second kappa shape index (κ2) is 14.5. The fourth-order valence-corrected chi connectivity index (χ4v) is 3.02. The van der Waals surface area contributed by atoms with Crippen LogP contribution in [0.2, 0.25) is 0 Å². The van der Waals surface area contributed by atoms with E-state index in [1.54, 1.807) is 18.2 Å². The first kappa shape index (κ1) is 23.1. The van der Waals surface area contributed by atoms with Crippen molar-refractivity contribution in [2.24, 2.45) is 5.92 Å². The van der Waals surface area contributed by atoms with E-state index in [9.17, 15) is 8.42 Å². The lowest BCUT2D eigenvalue weighted by atomic mass is 10.00. The Balaban J connectivity index is 0.000000446. The summed E-state index contributed by atoms with van der Waals surface area (Å²) in [7, 11) is -2.36. The molecule has 0 aliphatic rings. The molecule has 0 N–H and O–H groups in total. The van der Waals surface area contributed by atoms with Crippen molar-refractivity contribution in [3.8, 4) is 0 Å². The van der Waals surface area contributed by atoms with Crippen molar-refractivity contribution in [3.63, 3.8) is 0 Å². The molecular formula is C20H36O3S. The van der Waals surface area contributed by atoms with Gasteiger partial charge in [0.15, 0.2) is 0 Å². The van der Waals surface area contributed by atoms with Crippen LogP contribution in [0.4, 0.5) is 0 Å². The Labute approximate surface area is 149 Å². The standard InChI is InChI=1S/C13H28.C7H8O3S/c1-4-6-7-8-9-10-11-12-13(3)5-2;1-10-11(8,9)7-5-3-2-4-6-7/h13H,4-12H2,1-3H3;2-6H,1H3. The van der Waals surface area contributed by atoms with E-state index in [0.29, 0.717) is 0 Å². The molecule has 140 valence electrons. The third-order valence-corrected chi connectivity index (χ3v) is 5.54. The van der Waals surface area contributed by atoms with Crippen molar-refractivity contribution in [1.29, 1.82) is 0 Å². The lowest BCUT2D eigenvalue weighted by molar-refractivity contribution is 0.398. The maximum atomic E-state index is 11.0. The van der Waals surface area contributed by atoms with Gasteiger partial charge in [-0.25, -0.2) is 0 Å². The van der Waals surface area contributed by atoms with Crippen LogP contribution >= 0.6 is 0 Å². The van der Waals surface area contributed by atoms with Crippen LogP contribution in [0, 0.1) is 5.92 Å². The smallest absolute Gasteiger partial charge is 0.270 e. The molecule has 1 unspecified atom stereocenters. The number of hydrogen-bond acceptors (Lipinski definition) is 3. The minimum atomic E-state index is -3.50. The second-order valence-electron chi connectivity index (χ2n) is 6.36. The van der Waals surface area contributed by atoms with Crippen molar-refractivity contribution in [2.75, 3.05) is 7.11 Å². The molecule has 1 aromatic carbocycles. The molecular weight excluding hydrogens is 320 g/mol. The highest BCUT2D eigenvalue weighted by Crippen LogP contribution is 2.14. The third kappa shape index (κ3) is 11.6. The zero-order chi connectivity index (χ0) is 18.3. The Morgan fingerprint density at radius 1 is 0.917 bits per heavy atom. The van der Waals surface area contributed by atoms with E-state index in [2.05, 4.69) is 25.0 Å². The Morgan fingerprint density at radius 3 is 1.96 bits per heavy atom. The summed E-state index contributed by atoms with van der Waals surface area (Å²) in [6, 6.07) is 8.00. The molecule has 1 aromatic rings. The van der Waals surface area contributed by atoms with Crippen LogP contribution in [0.25, 0.3) is 0 Å². The maximum Gasteiger partial charge on any atom is 0.296 e. The SMILES string of the molecule is CCCCCCCCCC(C)CC.COS(=O)(=O)c1ccccc1. The number of benzene rings is 1. The van der Waals surface area contributed by atoms with E-state index in [1.165, 1.54) is 69.9 Å². The molecule has 1 rings (SSSR count). The van der Waals surface area contributed by atoms with Crippen LogP contribution in [-0.4, -0.2) is 15.5 Å². The average Bonchev–Trinajstić information content (AvgIpc) is 2.62. The summed E-state index contributed by atoms with van der Waals surface area (Å²) in [6.07, 6.45) is 12.9. The summed E-state index contributed by atoms with van der Waals surface area (Å²) in [6.45, 7) is 6.95. The van der Waals surface area contributed by atoms with Crippen LogP contribution < -0.4 is 0 Å². The van der Waals surface area contributed by atoms with Crippen molar-refractivity contribution in [2.45, 2.75) is 83.5 Å². The third-order valence-electron chi connectivity index (χ3n) is 4.25. The molecule has 0 amide bonds. The number of rotatable bonds is 11. The lowest BCUT2D eigenvalue weighted by Crippen LogP contribution is -2.01. The highest BCUT2D eigenvalue weighted by molar-refractivity contribution is 7.86. The molecule has 0 bridgehead atoms. The molecule has 0 saturated heterocycles. The van der Waals surface area contributed by atoms with Crippen LogP contribution in [0.3, 0.4) is 0 Å². The first-order valence-electron chi connectivity index (χ1n) is 9.33. The molecule has 0 heterocycles. The van der Waals surface area contributed by atoms with E-state index < -0.39 is 10.1 Å². The molecule has 0 radical (unpaired) electrons. The van der Waals surface area contributed by atoms with Gasteiger partial charge >= 0.3 is 0 Å². The summed E-state index contributed by atoms with van der Waals surface area (Å²) < 4.78 is 26.3. The Kier molecular flexibility index (Phi) is 13.9. The van der Waals surface area contributed by atoms with Gasteiger partial charge in [-0.05, 0) is 18.1 Å². The molecule has 3 nitrogen and oxygen atoms in total. The van der Waals surface area contributed by atoms with Gasteiger partial charge in [-0.15, -0.1) is 0 Å². The van der Waals surface area contributed by atoms with Crippen LogP contribution in [0.5, 0.6) is 0 Å². The largest absolute Gasteiger partial charge is 0.296 e. The fraction of sp³-hybridized carbons (Fsp3) is 0.700. The van der Waals surface area contributed by atoms with Gasteiger partial charge in [0.25, 0.3) is 10.1 Å². The average molecular weight is 357 g/mol. The van der Waals surface area contributed by atoms with Gasteiger partial charge in [-0.1, -0.05) is 96.8 Å². The molecule has 0 fully saturated rings. The van der Waals surface area contributed by atoms with Crippen LogP contribution in [-0.2, 0) is 14.3 Å². The highest BCUT2D eigenvalue weighted by atomic mass is 32.2.